The summed E-state index contributed by atoms with van der Waals surface area (Å²) in [5, 5.41) is 8.58. The summed E-state index contributed by atoms with van der Waals surface area (Å²) in [7, 11) is 1.60. The van der Waals surface area contributed by atoms with Gasteiger partial charge in [-0.2, -0.15) is 5.26 Å². The van der Waals surface area contributed by atoms with Crippen molar-refractivity contribution in [2.24, 2.45) is 0 Å². The Hall–Kier alpha value is -2.61. The quantitative estimate of drug-likeness (QED) is 0.798. The van der Waals surface area contributed by atoms with E-state index < -0.39 is 0 Å². The van der Waals surface area contributed by atoms with E-state index in [4.69, 9.17) is 9.68 Å². The number of likely N-dealkylation sites (N-methyl/N-ethyl adjacent to an activating group) is 1. The van der Waals surface area contributed by atoms with Gasteiger partial charge in [-0.15, -0.1) is 0 Å². The summed E-state index contributed by atoms with van der Waals surface area (Å²) >= 11 is 0. The van der Waals surface area contributed by atoms with Gasteiger partial charge in [-0.25, -0.2) is 4.98 Å². The minimum absolute atomic E-state index is 0.0707. The molecule has 0 aliphatic heterocycles. The molecule has 0 atom stereocenters. The van der Waals surface area contributed by atoms with E-state index in [0.29, 0.717) is 17.3 Å². The molecule has 1 heterocycles. The van der Waals surface area contributed by atoms with Gasteiger partial charge < -0.3 is 9.32 Å². The van der Waals surface area contributed by atoms with Gasteiger partial charge in [-0.3, -0.25) is 4.79 Å². The second-order valence-electron chi connectivity index (χ2n) is 4.47. The van der Waals surface area contributed by atoms with E-state index in [0.717, 1.165) is 5.56 Å². The van der Waals surface area contributed by atoms with Crippen molar-refractivity contribution in [3.63, 3.8) is 0 Å². The minimum atomic E-state index is -0.150. The minimum Gasteiger partial charge on any atom is -0.441 e. The number of carbonyl (C=O) groups excluding carboxylic acids is 1. The van der Waals surface area contributed by atoms with Crippen molar-refractivity contribution in [3.05, 3.63) is 41.8 Å². The van der Waals surface area contributed by atoms with Crippen LogP contribution in [0.3, 0.4) is 0 Å². The molecule has 20 heavy (non-hydrogen) atoms. The van der Waals surface area contributed by atoms with Gasteiger partial charge in [0.1, 0.15) is 12.3 Å². The number of nitrogens with zero attached hydrogens (tertiary/aromatic N) is 3. The monoisotopic (exact) mass is 269 g/mol. The topological polar surface area (TPSA) is 70.1 Å². The second kappa shape index (κ2) is 6.02. The molecule has 2 rings (SSSR count). The average molecular weight is 269 g/mol. The van der Waals surface area contributed by atoms with Crippen LogP contribution in [0.5, 0.6) is 0 Å². The third-order valence-electron chi connectivity index (χ3n) is 2.97. The highest BCUT2D eigenvalue weighted by atomic mass is 16.4. The number of nitriles is 1. The van der Waals surface area contributed by atoms with Gasteiger partial charge in [0.2, 0.25) is 11.8 Å². The lowest BCUT2D eigenvalue weighted by molar-refractivity contribution is -0.128. The molecule has 0 aliphatic rings. The number of aromatic nitrogens is 1. The maximum Gasteiger partial charge on any atom is 0.229 e. The van der Waals surface area contributed by atoms with E-state index in [9.17, 15) is 4.79 Å². The van der Waals surface area contributed by atoms with E-state index >= 15 is 0 Å². The van der Waals surface area contributed by atoms with Gasteiger partial charge in [0.05, 0.1) is 18.2 Å². The van der Waals surface area contributed by atoms with Crippen molar-refractivity contribution in [2.75, 3.05) is 13.6 Å². The fraction of sp³-hybridized carbons (Fsp3) is 0.267. The third kappa shape index (κ3) is 3.04. The first kappa shape index (κ1) is 13.8. The largest absolute Gasteiger partial charge is 0.441 e. The molecule has 102 valence electrons. The Morgan fingerprint density at radius 3 is 2.75 bits per heavy atom. The van der Waals surface area contributed by atoms with Crippen LogP contribution < -0.4 is 0 Å². The van der Waals surface area contributed by atoms with Crippen molar-refractivity contribution < 1.29 is 9.21 Å². The fourth-order valence-electron chi connectivity index (χ4n) is 1.77. The molecule has 0 bridgehead atoms. The molecule has 1 amide bonds. The van der Waals surface area contributed by atoms with Gasteiger partial charge in [0.25, 0.3) is 0 Å². The van der Waals surface area contributed by atoms with Crippen molar-refractivity contribution in [2.45, 2.75) is 13.3 Å². The molecule has 0 saturated carbocycles. The molecule has 0 aliphatic carbocycles. The number of hydrogen-bond acceptors (Lipinski definition) is 4. The van der Waals surface area contributed by atoms with E-state index in [1.54, 1.807) is 14.0 Å². The number of benzene rings is 1. The highest BCUT2D eigenvalue weighted by Gasteiger charge is 2.16. The van der Waals surface area contributed by atoms with Gasteiger partial charge in [-0.1, -0.05) is 18.2 Å². The van der Waals surface area contributed by atoms with E-state index in [2.05, 4.69) is 4.98 Å². The molecule has 0 spiro atoms. The fourth-order valence-corrected chi connectivity index (χ4v) is 1.77. The third-order valence-corrected chi connectivity index (χ3v) is 2.97. The van der Waals surface area contributed by atoms with E-state index in [-0.39, 0.29) is 18.9 Å². The molecule has 0 saturated heterocycles. The van der Waals surface area contributed by atoms with Crippen LogP contribution in [0.1, 0.15) is 11.5 Å². The summed E-state index contributed by atoms with van der Waals surface area (Å²) in [6.07, 6.45) is 0.139. The van der Waals surface area contributed by atoms with Gasteiger partial charge in [-0.05, 0) is 19.1 Å². The lowest BCUT2D eigenvalue weighted by atomic mass is 10.2. The van der Waals surface area contributed by atoms with Crippen LogP contribution >= 0.6 is 0 Å². The van der Waals surface area contributed by atoms with Gasteiger partial charge in [0.15, 0.2) is 0 Å². The first-order valence-electron chi connectivity index (χ1n) is 6.24. The Balaban J connectivity index is 2.17. The van der Waals surface area contributed by atoms with Crippen LogP contribution in [-0.2, 0) is 11.2 Å². The number of carbonyl (C=O) groups is 1. The Bertz CT molecular complexity index is 641. The summed E-state index contributed by atoms with van der Waals surface area (Å²) in [6, 6.07) is 11.5. The van der Waals surface area contributed by atoms with Crippen molar-refractivity contribution in [1.82, 2.24) is 9.88 Å². The SMILES string of the molecule is Cc1oc(-c2ccccc2)nc1CC(=O)N(C)CC#N. The Morgan fingerprint density at radius 2 is 2.10 bits per heavy atom. The van der Waals surface area contributed by atoms with Gasteiger partial charge >= 0.3 is 0 Å². The number of amides is 1. The Morgan fingerprint density at radius 1 is 1.40 bits per heavy atom. The lowest BCUT2D eigenvalue weighted by Gasteiger charge is -2.11. The maximum atomic E-state index is 11.9. The molecular weight excluding hydrogens is 254 g/mol. The van der Waals surface area contributed by atoms with Crippen LogP contribution in [0.25, 0.3) is 11.5 Å². The molecule has 0 radical (unpaired) electrons. The molecule has 0 N–H and O–H groups in total. The van der Waals surface area contributed by atoms with Crippen LogP contribution in [0, 0.1) is 18.3 Å². The zero-order valence-corrected chi connectivity index (χ0v) is 11.5. The Kier molecular flexibility index (Phi) is 4.16. The number of aryl methyl sites for hydroxylation is 1. The maximum absolute atomic E-state index is 11.9. The van der Waals surface area contributed by atoms with Crippen molar-refractivity contribution in [3.8, 4) is 17.5 Å². The molecule has 2 aromatic rings. The Labute approximate surface area is 117 Å². The molecule has 5 nitrogen and oxygen atoms in total. The molecule has 0 fully saturated rings. The van der Waals surface area contributed by atoms with E-state index in [1.807, 2.05) is 36.4 Å². The highest BCUT2D eigenvalue weighted by Crippen LogP contribution is 2.21. The summed E-state index contributed by atoms with van der Waals surface area (Å²) in [4.78, 5) is 17.6. The molecule has 1 aromatic carbocycles. The normalized spacial score (nSPS) is 10.1. The number of rotatable bonds is 4. The zero-order valence-electron chi connectivity index (χ0n) is 11.5. The standard InChI is InChI=1S/C15H15N3O2/c1-11-13(10-14(19)18(2)9-8-16)17-15(20-11)12-6-4-3-5-7-12/h3-7H,9-10H2,1-2H3. The second-order valence-corrected chi connectivity index (χ2v) is 4.47. The van der Waals surface area contributed by atoms with Crippen molar-refractivity contribution in [1.29, 1.82) is 5.26 Å². The van der Waals surface area contributed by atoms with E-state index in [1.165, 1.54) is 4.90 Å². The van der Waals surface area contributed by atoms with Gasteiger partial charge in [0, 0.05) is 12.6 Å². The summed E-state index contributed by atoms with van der Waals surface area (Å²) < 4.78 is 5.59. The summed E-state index contributed by atoms with van der Waals surface area (Å²) in [5.74, 6) is 0.985. The van der Waals surface area contributed by atoms with Crippen LogP contribution in [-0.4, -0.2) is 29.4 Å². The number of oxazole rings is 1. The summed E-state index contributed by atoms with van der Waals surface area (Å²) in [6.45, 7) is 1.85. The van der Waals surface area contributed by atoms with Crippen LogP contribution in [0.15, 0.2) is 34.7 Å². The lowest BCUT2D eigenvalue weighted by Crippen LogP contribution is -2.28. The average Bonchev–Trinajstić information content (AvgIpc) is 2.81. The first-order valence-corrected chi connectivity index (χ1v) is 6.24. The molecular formula is C15H15N3O2. The molecule has 1 aromatic heterocycles. The molecule has 0 unspecified atom stereocenters. The zero-order chi connectivity index (χ0) is 14.5. The first-order chi connectivity index (χ1) is 9.61. The van der Waals surface area contributed by atoms with Crippen LogP contribution in [0.4, 0.5) is 0 Å². The highest BCUT2D eigenvalue weighted by molar-refractivity contribution is 5.78. The van der Waals surface area contributed by atoms with Crippen molar-refractivity contribution >= 4 is 5.91 Å². The predicted octanol–water partition coefficient (Wildman–Crippen LogP) is 2.17. The molecule has 5 heteroatoms. The smallest absolute Gasteiger partial charge is 0.229 e. The predicted molar refractivity (Wildman–Crippen MR) is 73.6 cm³/mol. The summed E-state index contributed by atoms with van der Waals surface area (Å²) in [5.41, 5.74) is 1.48. The number of hydrogen-bond donors (Lipinski definition) is 0. The van der Waals surface area contributed by atoms with Crippen LogP contribution in [0.2, 0.25) is 0 Å².